The average Bonchev–Trinajstić information content (AvgIpc) is 3.03. The van der Waals surface area contributed by atoms with Crippen molar-refractivity contribution in [1.29, 1.82) is 0 Å². The van der Waals surface area contributed by atoms with Crippen molar-refractivity contribution in [3.8, 4) is 5.75 Å². The number of hydrogen-bond donors (Lipinski definition) is 0. The van der Waals surface area contributed by atoms with Crippen LogP contribution in [-0.4, -0.2) is 11.8 Å². The number of aryl methyl sites for hydroxylation is 1. The van der Waals surface area contributed by atoms with Crippen LogP contribution in [0.2, 0.25) is 0 Å². The van der Waals surface area contributed by atoms with E-state index in [1.165, 1.54) is 11.1 Å². The molecular weight excluding hydrogens is 348 g/mol. The van der Waals surface area contributed by atoms with Gasteiger partial charge in [-0.1, -0.05) is 31.2 Å². The maximum absolute atomic E-state index is 12.5. The van der Waals surface area contributed by atoms with E-state index in [9.17, 15) is 9.59 Å². The Morgan fingerprint density at radius 1 is 1.04 bits per heavy atom. The molecule has 28 heavy (non-hydrogen) atoms. The maximum Gasteiger partial charge on any atom is 0.343 e. The Bertz CT molecular complexity index is 932. The molecule has 2 aromatic rings. The number of esters is 1. The van der Waals surface area contributed by atoms with Crippen LogP contribution in [0.25, 0.3) is 0 Å². The molecule has 0 bridgehead atoms. The number of benzene rings is 2. The van der Waals surface area contributed by atoms with E-state index in [1.54, 1.807) is 12.1 Å². The van der Waals surface area contributed by atoms with Gasteiger partial charge in [-0.05, 0) is 85.3 Å². The molecule has 0 N–H and O–H groups in total. The lowest BCUT2D eigenvalue weighted by Crippen LogP contribution is -2.42. The van der Waals surface area contributed by atoms with Gasteiger partial charge < -0.3 is 4.74 Å². The van der Waals surface area contributed by atoms with E-state index >= 15 is 0 Å². The van der Waals surface area contributed by atoms with Crippen LogP contribution in [0.4, 0.5) is 0 Å². The molecule has 0 aliphatic heterocycles. The van der Waals surface area contributed by atoms with E-state index in [0.717, 1.165) is 38.5 Å². The van der Waals surface area contributed by atoms with Gasteiger partial charge in [0, 0.05) is 11.8 Å². The van der Waals surface area contributed by atoms with Crippen LogP contribution >= 0.6 is 0 Å². The van der Waals surface area contributed by atoms with E-state index in [4.69, 9.17) is 4.74 Å². The molecule has 4 atom stereocenters. The first kappa shape index (κ1) is 17.7. The molecular formula is C25H26O3. The van der Waals surface area contributed by atoms with E-state index in [1.807, 2.05) is 24.3 Å². The molecule has 2 saturated carbocycles. The Hall–Kier alpha value is -2.42. The lowest BCUT2D eigenvalue weighted by molar-refractivity contribution is -0.129. The smallest absolute Gasteiger partial charge is 0.343 e. The van der Waals surface area contributed by atoms with E-state index in [-0.39, 0.29) is 11.4 Å². The Labute approximate surface area is 166 Å². The van der Waals surface area contributed by atoms with E-state index < -0.39 is 0 Å². The summed E-state index contributed by atoms with van der Waals surface area (Å²) in [6, 6.07) is 15.3. The highest BCUT2D eigenvalue weighted by Crippen LogP contribution is 2.59. The predicted octanol–water partition coefficient (Wildman–Crippen LogP) is 5.33. The minimum atomic E-state index is -0.313. The second-order valence-corrected chi connectivity index (χ2v) is 8.95. The first-order chi connectivity index (χ1) is 13.6. The second-order valence-electron chi connectivity index (χ2n) is 8.95. The van der Waals surface area contributed by atoms with Crippen molar-refractivity contribution in [3.63, 3.8) is 0 Å². The molecule has 0 spiro atoms. The number of ketones is 1. The summed E-state index contributed by atoms with van der Waals surface area (Å²) in [5, 5.41) is 0. The summed E-state index contributed by atoms with van der Waals surface area (Å²) in [5.41, 5.74) is 3.21. The van der Waals surface area contributed by atoms with Crippen LogP contribution in [-0.2, 0) is 11.2 Å². The van der Waals surface area contributed by atoms with E-state index in [2.05, 4.69) is 19.1 Å². The van der Waals surface area contributed by atoms with Gasteiger partial charge >= 0.3 is 5.97 Å². The molecule has 3 heteroatoms. The van der Waals surface area contributed by atoms with Crippen molar-refractivity contribution >= 4 is 11.8 Å². The first-order valence-corrected chi connectivity index (χ1v) is 10.5. The van der Waals surface area contributed by atoms with Gasteiger partial charge in [-0.2, -0.15) is 0 Å². The molecule has 3 aliphatic carbocycles. The molecule has 3 nitrogen and oxygen atoms in total. The van der Waals surface area contributed by atoms with Crippen LogP contribution in [0.5, 0.6) is 5.75 Å². The van der Waals surface area contributed by atoms with Crippen LogP contribution in [0.15, 0.2) is 48.5 Å². The lowest BCUT2D eigenvalue weighted by atomic mass is 9.55. The summed E-state index contributed by atoms with van der Waals surface area (Å²) in [5.74, 6) is 2.52. The monoisotopic (exact) mass is 374 g/mol. The Balaban J connectivity index is 1.38. The summed E-state index contributed by atoms with van der Waals surface area (Å²) in [4.78, 5) is 24.8. The molecule has 0 heterocycles. The van der Waals surface area contributed by atoms with Crippen molar-refractivity contribution < 1.29 is 14.3 Å². The molecule has 5 rings (SSSR count). The summed E-state index contributed by atoms with van der Waals surface area (Å²) < 4.78 is 5.62. The number of carbonyl (C=O) groups excluding carboxylic acids is 2. The third kappa shape index (κ3) is 2.71. The van der Waals surface area contributed by atoms with Gasteiger partial charge in [0.1, 0.15) is 11.5 Å². The first-order valence-electron chi connectivity index (χ1n) is 10.5. The summed E-state index contributed by atoms with van der Waals surface area (Å²) in [6.07, 6.45) is 6.10. The van der Waals surface area contributed by atoms with Crippen LogP contribution < -0.4 is 4.74 Å². The summed E-state index contributed by atoms with van der Waals surface area (Å²) in [6.45, 7) is 2.21. The molecule has 0 amide bonds. The molecule has 2 fully saturated rings. The van der Waals surface area contributed by atoms with Crippen molar-refractivity contribution in [2.45, 2.75) is 51.4 Å². The minimum absolute atomic E-state index is 0.0795. The highest BCUT2D eigenvalue weighted by atomic mass is 16.5. The number of ether oxygens (including phenoxy) is 1. The fourth-order valence-electron chi connectivity index (χ4n) is 6.13. The van der Waals surface area contributed by atoms with Crippen molar-refractivity contribution in [2.75, 3.05) is 0 Å². The number of carbonyl (C=O) groups is 2. The second kappa shape index (κ2) is 6.58. The molecule has 0 aromatic heterocycles. The molecule has 2 aromatic carbocycles. The molecule has 3 aliphatic rings. The van der Waals surface area contributed by atoms with Gasteiger partial charge in [0.2, 0.25) is 0 Å². The summed E-state index contributed by atoms with van der Waals surface area (Å²) in [7, 11) is 0. The van der Waals surface area contributed by atoms with Crippen LogP contribution in [0.1, 0.15) is 66.4 Å². The number of Topliss-reactive ketones (excluding diaryl/α,β-unsaturated/α-hetero) is 1. The zero-order valence-electron chi connectivity index (χ0n) is 16.3. The number of fused-ring (bicyclic) bond motifs is 5. The summed E-state index contributed by atoms with van der Waals surface area (Å²) >= 11 is 0. The third-order valence-corrected chi connectivity index (χ3v) is 7.63. The Morgan fingerprint density at radius 2 is 1.86 bits per heavy atom. The van der Waals surface area contributed by atoms with E-state index in [0.29, 0.717) is 34.8 Å². The fourth-order valence-corrected chi connectivity index (χ4v) is 6.13. The highest BCUT2D eigenvalue weighted by Gasteiger charge is 2.54. The largest absolute Gasteiger partial charge is 0.423 e. The van der Waals surface area contributed by atoms with Gasteiger partial charge in [0.25, 0.3) is 0 Å². The van der Waals surface area contributed by atoms with Crippen molar-refractivity contribution in [1.82, 2.24) is 0 Å². The normalized spacial score (nSPS) is 30.9. The average molecular weight is 374 g/mol. The predicted molar refractivity (Wildman–Crippen MR) is 107 cm³/mol. The molecule has 0 saturated heterocycles. The topological polar surface area (TPSA) is 43.4 Å². The molecule has 144 valence electrons. The Kier molecular flexibility index (Phi) is 4.15. The SMILES string of the molecule is C[C@]12CC[C@H]3c4ccc(OC(=O)c5ccccc5)cc4CC[C@H]3[C@@H]1CCC2=O. The third-order valence-electron chi connectivity index (χ3n) is 7.63. The van der Waals surface area contributed by atoms with Gasteiger partial charge in [0.05, 0.1) is 5.56 Å². The standard InChI is InChI=1S/C25H26O3/c1-25-14-13-20-19-10-8-18(28-24(27)16-5-3-2-4-6-16)15-17(19)7-9-21(20)22(25)11-12-23(25)26/h2-6,8,10,15,20-22H,7,9,11-14H2,1H3/t20-,21+,22-,25-/m0/s1. The molecule has 0 unspecified atom stereocenters. The number of rotatable bonds is 2. The van der Waals surface area contributed by atoms with Crippen LogP contribution in [0.3, 0.4) is 0 Å². The van der Waals surface area contributed by atoms with Crippen LogP contribution in [0, 0.1) is 17.3 Å². The lowest BCUT2D eigenvalue weighted by Gasteiger charge is -2.48. The van der Waals surface area contributed by atoms with Crippen molar-refractivity contribution in [2.24, 2.45) is 17.3 Å². The zero-order chi connectivity index (χ0) is 19.3. The van der Waals surface area contributed by atoms with Gasteiger partial charge in [0.15, 0.2) is 0 Å². The van der Waals surface area contributed by atoms with Gasteiger partial charge in [-0.15, -0.1) is 0 Å². The minimum Gasteiger partial charge on any atom is -0.423 e. The van der Waals surface area contributed by atoms with Crippen molar-refractivity contribution in [3.05, 3.63) is 65.2 Å². The molecule has 0 radical (unpaired) electrons. The van der Waals surface area contributed by atoms with Gasteiger partial charge in [-0.25, -0.2) is 4.79 Å². The highest BCUT2D eigenvalue weighted by molar-refractivity contribution is 5.91. The zero-order valence-corrected chi connectivity index (χ0v) is 16.3. The Morgan fingerprint density at radius 3 is 2.68 bits per heavy atom. The fraction of sp³-hybridized carbons (Fsp3) is 0.440. The quantitative estimate of drug-likeness (QED) is 0.527. The van der Waals surface area contributed by atoms with Gasteiger partial charge in [-0.3, -0.25) is 4.79 Å². The maximum atomic E-state index is 12.5. The number of hydrogen-bond acceptors (Lipinski definition) is 3.